The Labute approximate surface area is 302 Å². The van der Waals surface area contributed by atoms with Gasteiger partial charge in [0.1, 0.15) is 17.2 Å². The molecule has 3 aromatic carbocycles. The number of nitrogens with zero attached hydrogens (tertiary/aromatic N) is 2. The second-order valence-corrected chi connectivity index (χ2v) is 14.0. The summed E-state index contributed by atoms with van der Waals surface area (Å²) in [6.07, 6.45) is 1.59. The van der Waals surface area contributed by atoms with Gasteiger partial charge in [-0.05, 0) is 60.7 Å². The number of nitrogens with one attached hydrogen (secondary N) is 1. The molecular weight excluding hydrogens is 701 g/mol. The van der Waals surface area contributed by atoms with Crippen LogP contribution in [0.25, 0.3) is 0 Å². The standard InChI is InChI=1S/C37H33Cl2N3O9/c1-50-20-6-3-18(4-7-20)37-26(34(47)42(36(37)49)40-28-12-5-19(38)15-27(28)39)17-25-22(32(37)23-9-8-21(51-2)16-29(23)43)10-11-24-31(25)35(48)41(33(24)46)14-13-30(44)45/h3-10,12,15-16,24-26,31-32,40,43H,11,13-14,17H2,1-2H3,(H,44,45)/t24-,25+,26-,31-,32+,37+/m0/s1. The number of hydrogen-bond donors (Lipinski definition) is 3. The summed E-state index contributed by atoms with van der Waals surface area (Å²) in [6.45, 7) is -0.277. The fraction of sp³-hybridized carbons (Fsp3) is 0.324. The topological polar surface area (TPSA) is 163 Å². The number of carbonyl (C=O) groups excluding carboxylic acids is 4. The van der Waals surface area contributed by atoms with Gasteiger partial charge in [-0.3, -0.25) is 34.3 Å². The number of methoxy groups -OCH3 is 2. The van der Waals surface area contributed by atoms with E-state index >= 15 is 4.79 Å². The minimum absolute atomic E-state index is 0.00927. The van der Waals surface area contributed by atoms with Gasteiger partial charge in [-0.2, -0.15) is 5.01 Å². The molecule has 3 N–H and O–H groups in total. The number of hydrazine groups is 1. The van der Waals surface area contributed by atoms with Gasteiger partial charge >= 0.3 is 5.97 Å². The number of imide groups is 2. The van der Waals surface area contributed by atoms with Crippen molar-refractivity contribution in [3.05, 3.63) is 93.5 Å². The summed E-state index contributed by atoms with van der Waals surface area (Å²) in [5.41, 5.74) is 2.92. The first-order valence-corrected chi connectivity index (χ1v) is 17.1. The normalized spacial score (nSPS) is 26.7. The lowest BCUT2D eigenvalue weighted by molar-refractivity contribution is -0.143. The van der Waals surface area contributed by atoms with Crippen LogP contribution >= 0.6 is 23.2 Å². The summed E-state index contributed by atoms with van der Waals surface area (Å²) in [5, 5.41) is 22.4. The molecule has 6 atom stereocenters. The number of fused-ring (bicyclic) bond motifs is 4. The van der Waals surface area contributed by atoms with Crippen LogP contribution < -0.4 is 14.9 Å². The molecular formula is C37H33Cl2N3O9. The number of aromatic hydroxyl groups is 1. The SMILES string of the molecule is COc1ccc([C@@]23C(=O)N(Nc4ccc(Cl)cc4Cl)C(=O)[C@@H]2C[C@@H]2C(=CC[C@@H]4C(=O)N(CCC(=O)O)C(=O)[C@@H]42)[C@@H]3c2ccc(OC)cc2O)cc1. The molecule has 0 radical (unpaired) electrons. The summed E-state index contributed by atoms with van der Waals surface area (Å²) >= 11 is 12.6. The molecule has 2 heterocycles. The highest BCUT2D eigenvalue weighted by molar-refractivity contribution is 6.36. The van der Waals surface area contributed by atoms with Gasteiger partial charge in [-0.15, -0.1) is 0 Å². The number of carboxylic acid groups (broad SMARTS) is 1. The minimum atomic E-state index is -1.66. The van der Waals surface area contributed by atoms with Gasteiger partial charge in [0.25, 0.3) is 11.8 Å². The molecule has 2 saturated heterocycles. The third kappa shape index (κ3) is 5.31. The van der Waals surface area contributed by atoms with Crippen LogP contribution in [0.3, 0.4) is 0 Å². The van der Waals surface area contributed by atoms with Crippen molar-refractivity contribution in [1.29, 1.82) is 0 Å². The van der Waals surface area contributed by atoms with Crippen molar-refractivity contribution in [3.8, 4) is 17.2 Å². The summed E-state index contributed by atoms with van der Waals surface area (Å²) in [6, 6.07) is 16.1. The van der Waals surface area contributed by atoms with E-state index in [2.05, 4.69) is 5.43 Å². The zero-order valence-corrected chi connectivity index (χ0v) is 29.0. The van der Waals surface area contributed by atoms with Crippen LogP contribution in [0.5, 0.6) is 17.2 Å². The van der Waals surface area contributed by atoms with Gasteiger partial charge in [0, 0.05) is 29.1 Å². The molecule has 2 aliphatic carbocycles. The van der Waals surface area contributed by atoms with Gasteiger partial charge in [0.2, 0.25) is 11.8 Å². The molecule has 0 aromatic heterocycles. The number of carboxylic acids is 1. The molecule has 0 bridgehead atoms. The highest BCUT2D eigenvalue weighted by atomic mass is 35.5. The third-order valence-electron chi connectivity index (χ3n) is 10.8. The number of anilines is 1. The molecule has 0 spiro atoms. The molecule has 14 heteroatoms. The Morgan fingerprint density at radius 1 is 0.922 bits per heavy atom. The van der Waals surface area contributed by atoms with Gasteiger partial charge in [-0.1, -0.05) is 53.1 Å². The molecule has 3 fully saturated rings. The maximum absolute atomic E-state index is 15.3. The second-order valence-electron chi connectivity index (χ2n) is 13.1. The Balaban J connectivity index is 1.44. The lowest BCUT2D eigenvalue weighted by Crippen LogP contribution is -2.53. The molecule has 12 nitrogen and oxygen atoms in total. The summed E-state index contributed by atoms with van der Waals surface area (Å²) in [5.74, 6) is -7.14. The van der Waals surface area contributed by atoms with E-state index in [9.17, 15) is 29.4 Å². The van der Waals surface area contributed by atoms with Crippen molar-refractivity contribution in [2.24, 2.45) is 23.7 Å². The summed E-state index contributed by atoms with van der Waals surface area (Å²) in [4.78, 5) is 70.1. The Kier molecular flexibility index (Phi) is 8.71. The molecule has 4 amide bonds. The van der Waals surface area contributed by atoms with Crippen LogP contribution in [0.1, 0.15) is 36.3 Å². The lowest BCUT2D eigenvalue weighted by Gasteiger charge is -2.50. The van der Waals surface area contributed by atoms with E-state index in [1.807, 2.05) is 6.08 Å². The number of hydrogen-bond acceptors (Lipinski definition) is 9. The van der Waals surface area contributed by atoms with E-state index in [1.165, 1.54) is 26.4 Å². The number of allylic oxidation sites excluding steroid dienone is 2. The number of aliphatic carboxylic acids is 1. The predicted octanol–water partition coefficient (Wildman–Crippen LogP) is 5.18. The van der Waals surface area contributed by atoms with Crippen LogP contribution in [0, 0.1) is 23.7 Å². The zero-order chi connectivity index (χ0) is 36.4. The van der Waals surface area contributed by atoms with Gasteiger partial charge in [-0.25, -0.2) is 0 Å². The fourth-order valence-corrected chi connectivity index (χ4v) is 9.03. The Morgan fingerprint density at radius 3 is 2.27 bits per heavy atom. The average molecular weight is 735 g/mol. The lowest BCUT2D eigenvalue weighted by atomic mass is 9.49. The molecule has 2 aliphatic heterocycles. The van der Waals surface area contributed by atoms with Crippen molar-refractivity contribution in [3.63, 3.8) is 0 Å². The van der Waals surface area contributed by atoms with Crippen LogP contribution in [0.4, 0.5) is 5.69 Å². The number of likely N-dealkylation sites (tertiary alicyclic amines) is 1. The van der Waals surface area contributed by atoms with Crippen molar-refractivity contribution in [1.82, 2.24) is 9.91 Å². The molecule has 7 rings (SSSR count). The molecule has 1 saturated carbocycles. The van der Waals surface area contributed by atoms with E-state index < -0.39 is 71.0 Å². The number of phenols is 1. The van der Waals surface area contributed by atoms with Crippen molar-refractivity contribution < 1.29 is 43.7 Å². The number of phenolic OH excluding ortho intramolecular Hbond substituents is 1. The van der Waals surface area contributed by atoms with Crippen LogP contribution in [-0.4, -0.2) is 70.5 Å². The number of amides is 4. The van der Waals surface area contributed by atoms with Crippen LogP contribution in [0.15, 0.2) is 72.3 Å². The number of ether oxygens (including phenoxy) is 2. The van der Waals surface area contributed by atoms with E-state index in [0.29, 0.717) is 33.2 Å². The monoisotopic (exact) mass is 733 g/mol. The van der Waals surface area contributed by atoms with Crippen LogP contribution in [-0.2, 0) is 29.4 Å². The second kappa shape index (κ2) is 12.9. The van der Waals surface area contributed by atoms with E-state index in [4.69, 9.17) is 32.7 Å². The van der Waals surface area contributed by atoms with E-state index in [0.717, 1.165) is 9.91 Å². The highest BCUT2D eigenvalue weighted by Crippen LogP contribution is 2.65. The molecule has 264 valence electrons. The highest BCUT2D eigenvalue weighted by Gasteiger charge is 2.70. The Morgan fingerprint density at radius 2 is 1.63 bits per heavy atom. The number of carbonyl (C=O) groups is 5. The first-order valence-electron chi connectivity index (χ1n) is 16.3. The molecule has 0 unspecified atom stereocenters. The molecule has 51 heavy (non-hydrogen) atoms. The quantitative estimate of drug-likeness (QED) is 0.197. The zero-order valence-electron chi connectivity index (χ0n) is 27.5. The largest absolute Gasteiger partial charge is 0.508 e. The smallest absolute Gasteiger partial charge is 0.305 e. The van der Waals surface area contributed by atoms with Gasteiger partial charge in [0.15, 0.2) is 0 Å². The Hall–Kier alpha value is -5.07. The molecule has 4 aliphatic rings. The number of halogens is 2. The van der Waals surface area contributed by atoms with Crippen LogP contribution in [0.2, 0.25) is 10.0 Å². The van der Waals surface area contributed by atoms with Gasteiger partial charge in [0.05, 0.1) is 54.5 Å². The maximum atomic E-state index is 15.3. The van der Waals surface area contributed by atoms with Crippen molar-refractivity contribution in [2.75, 3.05) is 26.2 Å². The Bertz CT molecular complexity index is 2020. The first-order chi connectivity index (χ1) is 24.4. The first kappa shape index (κ1) is 34.4. The van der Waals surface area contributed by atoms with Crippen molar-refractivity contribution >= 4 is 58.5 Å². The van der Waals surface area contributed by atoms with Crippen molar-refractivity contribution in [2.45, 2.75) is 30.6 Å². The minimum Gasteiger partial charge on any atom is -0.508 e. The molecule has 3 aromatic rings. The van der Waals surface area contributed by atoms with E-state index in [1.54, 1.807) is 48.5 Å². The fourth-order valence-electron chi connectivity index (χ4n) is 8.58. The third-order valence-corrected chi connectivity index (χ3v) is 11.3. The average Bonchev–Trinajstić information content (AvgIpc) is 3.48. The predicted molar refractivity (Wildman–Crippen MR) is 184 cm³/mol. The summed E-state index contributed by atoms with van der Waals surface area (Å²) < 4.78 is 10.8. The maximum Gasteiger partial charge on any atom is 0.305 e. The van der Waals surface area contributed by atoms with E-state index in [-0.39, 0.29) is 35.8 Å². The number of rotatable bonds is 9. The van der Waals surface area contributed by atoms with Gasteiger partial charge < -0.3 is 19.7 Å². The summed E-state index contributed by atoms with van der Waals surface area (Å²) in [7, 11) is 2.96. The number of benzene rings is 3.